The average Bonchev–Trinajstić information content (AvgIpc) is 2.51. The summed E-state index contributed by atoms with van der Waals surface area (Å²) < 4.78 is 41.3. The molecule has 23 heavy (non-hydrogen) atoms. The van der Waals surface area contributed by atoms with Gasteiger partial charge in [-0.1, -0.05) is 6.07 Å². The van der Waals surface area contributed by atoms with Crippen molar-refractivity contribution in [3.05, 3.63) is 23.9 Å². The van der Waals surface area contributed by atoms with E-state index in [1.54, 1.807) is 6.07 Å². The number of alkyl halides is 3. The zero-order valence-electron chi connectivity index (χ0n) is 12.2. The van der Waals surface area contributed by atoms with Crippen LogP contribution in [0, 0.1) is 5.92 Å². The minimum Gasteiger partial charge on any atom is -0.468 e. The first kappa shape index (κ1) is 17.0. The molecule has 0 aromatic carbocycles. The molecule has 0 unspecified atom stereocenters. The molecule has 1 aliphatic heterocycles. The van der Waals surface area contributed by atoms with Gasteiger partial charge in [-0.3, -0.25) is 9.59 Å². The summed E-state index contributed by atoms with van der Waals surface area (Å²) >= 11 is 0. The van der Waals surface area contributed by atoms with Gasteiger partial charge in [0.25, 0.3) is 0 Å². The lowest BCUT2D eigenvalue weighted by Gasteiger charge is -2.21. The van der Waals surface area contributed by atoms with Crippen LogP contribution in [-0.4, -0.2) is 36.1 Å². The summed E-state index contributed by atoms with van der Waals surface area (Å²) in [5.41, 5.74) is 0.352. The Morgan fingerprint density at radius 1 is 1.48 bits per heavy atom. The van der Waals surface area contributed by atoms with Crippen molar-refractivity contribution in [2.45, 2.75) is 25.6 Å². The number of hydrogen-bond acceptors (Lipinski definition) is 4. The Morgan fingerprint density at radius 3 is 2.91 bits per heavy atom. The lowest BCUT2D eigenvalue weighted by Crippen LogP contribution is -2.42. The normalized spacial score (nSPS) is 18.2. The third kappa shape index (κ3) is 5.42. The van der Waals surface area contributed by atoms with Gasteiger partial charge in [0.2, 0.25) is 17.7 Å². The SMILES string of the molecule is O=C1CC[C@@H](C(=O)NCc2cccnc2OCC(F)(F)F)CN1. The molecule has 0 saturated carbocycles. The summed E-state index contributed by atoms with van der Waals surface area (Å²) in [6.45, 7) is -1.18. The van der Waals surface area contributed by atoms with Gasteiger partial charge in [0.15, 0.2) is 6.61 Å². The fourth-order valence-corrected chi connectivity index (χ4v) is 2.12. The Morgan fingerprint density at radius 2 is 2.26 bits per heavy atom. The molecule has 1 atom stereocenters. The molecule has 0 spiro atoms. The molecule has 2 rings (SSSR count). The van der Waals surface area contributed by atoms with E-state index in [0.29, 0.717) is 12.0 Å². The summed E-state index contributed by atoms with van der Waals surface area (Å²) in [6, 6.07) is 3.07. The molecule has 1 aromatic rings. The van der Waals surface area contributed by atoms with Gasteiger partial charge >= 0.3 is 6.18 Å². The number of aromatic nitrogens is 1. The van der Waals surface area contributed by atoms with Gasteiger partial charge in [-0.25, -0.2) is 4.98 Å². The summed E-state index contributed by atoms with van der Waals surface area (Å²) in [7, 11) is 0. The van der Waals surface area contributed by atoms with E-state index in [4.69, 9.17) is 0 Å². The predicted molar refractivity (Wildman–Crippen MR) is 73.4 cm³/mol. The van der Waals surface area contributed by atoms with Gasteiger partial charge in [0.1, 0.15) is 0 Å². The number of nitrogens with zero attached hydrogens (tertiary/aromatic N) is 1. The van der Waals surface area contributed by atoms with E-state index < -0.39 is 12.8 Å². The van der Waals surface area contributed by atoms with E-state index in [2.05, 4.69) is 20.4 Å². The van der Waals surface area contributed by atoms with Crippen molar-refractivity contribution in [1.29, 1.82) is 0 Å². The molecular formula is C14H16F3N3O3. The van der Waals surface area contributed by atoms with Crippen molar-refractivity contribution in [1.82, 2.24) is 15.6 Å². The third-order valence-corrected chi connectivity index (χ3v) is 3.31. The van der Waals surface area contributed by atoms with E-state index in [-0.39, 0.29) is 43.1 Å². The number of carbonyl (C=O) groups is 2. The molecule has 1 fully saturated rings. The largest absolute Gasteiger partial charge is 0.468 e. The predicted octanol–water partition coefficient (Wildman–Crippen LogP) is 1.17. The first-order valence-electron chi connectivity index (χ1n) is 7.03. The van der Waals surface area contributed by atoms with Crippen molar-refractivity contribution >= 4 is 11.8 Å². The monoisotopic (exact) mass is 331 g/mol. The van der Waals surface area contributed by atoms with Crippen molar-refractivity contribution in [2.24, 2.45) is 5.92 Å². The number of amides is 2. The summed E-state index contributed by atoms with van der Waals surface area (Å²) in [5, 5.41) is 5.23. The molecule has 0 aliphatic carbocycles. The first-order valence-corrected chi connectivity index (χ1v) is 7.03. The van der Waals surface area contributed by atoms with Crippen molar-refractivity contribution in [3.63, 3.8) is 0 Å². The van der Waals surface area contributed by atoms with E-state index >= 15 is 0 Å². The molecule has 2 heterocycles. The van der Waals surface area contributed by atoms with Crippen LogP contribution < -0.4 is 15.4 Å². The highest BCUT2D eigenvalue weighted by Crippen LogP contribution is 2.20. The molecule has 0 bridgehead atoms. The summed E-state index contributed by atoms with van der Waals surface area (Å²) in [5.74, 6) is -0.870. The van der Waals surface area contributed by atoms with Crippen molar-refractivity contribution in [2.75, 3.05) is 13.2 Å². The van der Waals surface area contributed by atoms with Crippen LogP contribution in [0.1, 0.15) is 18.4 Å². The van der Waals surface area contributed by atoms with E-state index in [1.807, 2.05) is 0 Å². The standard InChI is InChI=1S/C14H16F3N3O3/c15-14(16,17)8-23-13-10(2-1-5-18-13)7-20-12(22)9-3-4-11(21)19-6-9/h1-2,5,9H,3-4,6-8H2,(H,19,21)(H,20,22)/t9-/m1/s1. The molecule has 2 amide bonds. The molecule has 6 nitrogen and oxygen atoms in total. The van der Waals surface area contributed by atoms with Crippen molar-refractivity contribution < 1.29 is 27.5 Å². The number of carbonyl (C=O) groups excluding carboxylic acids is 2. The smallest absolute Gasteiger partial charge is 0.422 e. The van der Waals surface area contributed by atoms with Gasteiger partial charge in [0, 0.05) is 31.3 Å². The number of rotatable bonds is 5. The van der Waals surface area contributed by atoms with Crippen LogP contribution >= 0.6 is 0 Å². The van der Waals surface area contributed by atoms with Crippen LogP contribution in [0.15, 0.2) is 18.3 Å². The van der Waals surface area contributed by atoms with Crippen molar-refractivity contribution in [3.8, 4) is 5.88 Å². The van der Waals surface area contributed by atoms with Gasteiger partial charge in [-0.05, 0) is 12.5 Å². The van der Waals surface area contributed by atoms with E-state index in [1.165, 1.54) is 12.3 Å². The molecule has 0 radical (unpaired) electrons. The van der Waals surface area contributed by atoms with Crippen LogP contribution in [0.4, 0.5) is 13.2 Å². The minimum atomic E-state index is -4.46. The van der Waals surface area contributed by atoms with Crippen LogP contribution in [0.2, 0.25) is 0 Å². The molecule has 1 aliphatic rings. The zero-order valence-corrected chi connectivity index (χ0v) is 12.2. The van der Waals surface area contributed by atoms with Crippen LogP contribution in [-0.2, 0) is 16.1 Å². The van der Waals surface area contributed by atoms with Gasteiger partial charge in [0.05, 0.1) is 5.92 Å². The summed E-state index contributed by atoms with van der Waals surface area (Å²) in [6.07, 6.45) is -2.42. The maximum Gasteiger partial charge on any atom is 0.422 e. The van der Waals surface area contributed by atoms with E-state index in [9.17, 15) is 22.8 Å². The number of ether oxygens (including phenoxy) is 1. The number of halogens is 3. The molecule has 1 saturated heterocycles. The second kappa shape index (κ2) is 7.30. The van der Waals surface area contributed by atoms with Crippen LogP contribution in [0.3, 0.4) is 0 Å². The minimum absolute atomic E-state index is 0.00428. The Balaban J connectivity index is 1.90. The van der Waals surface area contributed by atoms with Crippen LogP contribution in [0.25, 0.3) is 0 Å². The zero-order chi connectivity index (χ0) is 16.9. The van der Waals surface area contributed by atoms with E-state index in [0.717, 1.165) is 0 Å². The second-order valence-corrected chi connectivity index (χ2v) is 5.13. The maximum atomic E-state index is 12.2. The highest BCUT2D eigenvalue weighted by atomic mass is 19.4. The first-order chi connectivity index (χ1) is 10.8. The highest BCUT2D eigenvalue weighted by Gasteiger charge is 2.29. The number of hydrogen-bond donors (Lipinski definition) is 2. The lowest BCUT2D eigenvalue weighted by molar-refractivity contribution is -0.154. The topological polar surface area (TPSA) is 80.3 Å². The third-order valence-electron chi connectivity index (χ3n) is 3.31. The fraction of sp³-hybridized carbons (Fsp3) is 0.500. The Kier molecular flexibility index (Phi) is 5.41. The van der Waals surface area contributed by atoms with Crippen LogP contribution in [0.5, 0.6) is 5.88 Å². The molecule has 2 N–H and O–H groups in total. The second-order valence-electron chi connectivity index (χ2n) is 5.13. The van der Waals surface area contributed by atoms with Gasteiger partial charge in [-0.2, -0.15) is 13.2 Å². The maximum absolute atomic E-state index is 12.2. The molecule has 126 valence electrons. The molecule has 1 aromatic heterocycles. The highest BCUT2D eigenvalue weighted by molar-refractivity contribution is 5.83. The molecular weight excluding hydrogens is 315 g/mol. The fourth-order valence-electron chi connectivity index (χ4n) is 2.12. The number of pyridine rings is 1. The molecule has 9 heteroatoms. The Hall–Kier alpha value is -2.32. The lowest BCUT2D eigenvalue weighted by atomic mass is 9.98. The Labute approximate surface area is 130 Å². The van der Waals surface area contributed by atoms with Gasteiger partial charge < -0.3 is 15.4 Å². The van der Waals surface area contributed by atoms with Gasteiger partial charge in [-0.15, -0.1) is 0 Å². The quantitative estimate of drug-likeness (QED) is 0.849. The Bertz CT molecular complexity index is 568. The number of piperidine rings is 1. The average molecular weight is 331 g/mol. The summed E-state index contributed by atoms with van der Waals surface area (Å²) in [4.78, 5) is 26.8. The number of nitrogens with one attached hydrogen (secondary N) is 2.